The molecule has 0 aromatic heterocycles. The van der Waals surface area contributed by atoms with Crippen LogP contribution in [0.3, 0.4) is 0 Å². The summed E-state index contributed by atoms with van der Waals surface area (Å²) < 4.78 is 0. The second kappa shape index (κ2) is 7.07. The van der Waals surface area contributed by atoms with Crippen molar-refractivity contribution in [3.8, 4) is 0 Å². The number of para-hydroxylation sites is 1. The lowest BCUT2D eigenvalue weighted by molar-refractivity contribution is -0.116. The zero-order valence-electron chi connectivity index (χ0n) is 10.9. The van der Waals surface area contributed by atoms with Crippen molar-refractivity contribution in [2.24, 2.45) is 0 Å². The average molecular weight is 234 g/mol. The van der Waals surface area contributed by atoms with E-state index in [1.54, 1.807) is 0 Å². The molecular weight excluding hydrogens is 212 g/mol. The Bertz CT molecular complexity index is 361. The van der Waals surface area contributed by atoms with Crippen LogP contribution in [0.1, 0.15) is 32.8 Å². The highest BCUT2D eigenvalue weighted by molar-refractivity contribution is 5.91. The maximum absolute atomic E-state index is 11.7. The number of benzene rings is 1. The zero-order valence-corrected chi connectivity index (χ0v) is 10.9. The van der Waals surface area contributed by atoms with Gasteiger partial charge >= 0.3 is 0 Å². The minimum Gasteiger partial charge on any atom is -0.326 e. The van der Waals surface area contributed by atoms with E-state index in [1.807, 2.05) is 24.3 Å². The number of carbonyl (C=O) groups excluding carboxylic acids is 1. The van der Waals surface area contributed by atoms with Gasteiger partial charge in [-0.1, -0.05) is 39.0 Å². The van der Waals surface area contributed by atoms with Crippen molar-refractivity contribution in [3.63, 3.8) is 0 Å². The summed E-state index contributed by atoms with van der Waals surface area (Å²) in [5.74, 6) is 0.0686. The molecule has 2 N–H and O–H groups in total. The zero-order chi connectivity index (χ0) is 12.7. The number of nitrogens with one attached hydrogen (secondary N) is 2. The van der Waals surface area contributed by atoms with Gasteiger partial charge in [0.1, 0.15) is 0 Å². The third-order valence-corrected chi connectivity index (χ3v) is 2.58. The summed E-state index contributed by atoms with van der Waals surface area (Å²) in [4.78, 5) is 11.7. The highest BCUT2D eigenvalue weighted by atomic mass is 16.1. The van der Waals surface area contributed by atoms with Crippen LogP contribution in [0.4, 0.5) is 5.69 Å². The van der Waals surface area contributed by atoms with E-state index in [1.165, 1.54) is 5.56 Å². The Kier molecular flexibility index (Phi) is 5.70. The van der Waals surface area contributed by atoms with Gasteiger partial charge in [0.2, 0.25) is 5.91 Å². The van der Waals surface area contributed by atoms with Gasteiger partial charge in [-0.3, -0.25) is 4.79 Å². The summed E-state index contributed by atoms with van der Waals surface area (Å²) in [7, 11) is 0. The molecule has 3 heteroatoms. The highest BCUT2D eigenvalue weighted by Gasteiger charge is 2.05. The third-order valence-electron chi connectivity index (χ3n) is 2.58. The Hall–Kier alpha value is -1.35. The Morgan fingerprint density at radius 3 is 2.65 bits per heavy atom. The molecule has 0 atom stereocenters. The third kappa shape index (κ3) is 5.00. The van der Waals surface area contributed by atoms with E-state index in [9.17, 15) is 4.79 Å². The molecule has 3 nitrogen and oxygen atoms in total. The second-order valence-corrected chi connectivity index (χ2v) is 4.42. The molecular formula is C14H22N2O. The fraction of sp³-hybridized carbons (Fsp3) is 0.500. The number of hydrogen-bond acceptors (Lipinski definition) is 2. The van der Waals surface area contributed by atoms with Crippen molar-refractivity contribution in [2.75, 3.05) is 11.9 Å². The smallest absolute Gasteiger partial charge is 0.225 e. The number of amides is 1. The maximum Gasteiger partial charge on any atom is 0.225 e. The minimum atomic E-state index is 0.0686. The van der Waals surface area contributed by atoms with Gasteiger partial charge in [-0.2, -0.15) is 0 Å². The van der Waals surface area contributed by atoms with Crippen LogP contribution < -0.4 is 10.6 Å². The van der Waals surface area contributed by atoms with E-state index in [2.05, 4.69) is 31.4 Å². The summed E-state index contributed by atoms with van der Waals surface area (Å²) in [6, 6.07) is 8.36. The summed E-state index contributed by atoms with van der Waals surface area (Å²) >= 11 is 0. The van der Waals surface area contributed by atoms with Crippen molar-refractivity contribution in [2.45, 2.75) is 39.7 Å². The second-order valence-electron chi connectivity index (χ2n) is 4.42. The monoisotopic (exact) mass is 234 g/mol. The SMILES string of the molecule is CCc1ccccc1NC(=O)CCNC(C)C. The molecule has 1 amide bonds. The summed E-state index contributed by atoms with van der Waals surface area (Å²) in [5, 5.41) is 6.19. The van der Waals surface area contributed by atoms with Gasteiger partial charge in [0.25, 0.3) is 0 Å². The molecule has 0 unspecified atom stereocenters. The fourth-order valence-corrected chi connectivity index (χ4v) is 1.64. The van der Waals surface area contributed by atoms with Crippen LogP contribution in [0.25, 0.3) is 0 Å². The molecule has 0 aliphatic rings. The summed E-state index contributed by atoms with van der Waals surface area (Å²) in [6.07, 6.45) is 1.44. The Morgan fingerprint density at radius 1 is 1.29 bits per heavy atom. The molecule has 0 spiro atoms. The molecule has 0 aliphatic carbocycles. The molecule has 1 rings (SSSR count). The molecule has 1 aromatic carbocycles. The molecule has 17 heavy (non-hydrogen) atoms. The lowest BCUT2D eigenvalue weighted by atomic mass is 10.1. The Balaban J connectivity index is 2.45. The van der Waals surface area contributed by atoms with Crippen molar-refractivity contribution in [1.82, 2.24) is 5.32 Å². The Morgan fingerprint density at radius 2 is 2.00 bits per heavy atom. The van der Waals surface area contributed by atoms with Gasteiger partial charge < -0.3 is 10.6 Å². The normalized spacial score (nSPS) is 10.6. The van der Waals surface area contributed by atoms with Gasteiger partial charge in [0.15, 0.2) is 0 Å². The van der Waals surface area contributed by atoms with Crippen molar-refractivity contribution >= 4 is 11.6 Å². The predicted octanol–water partition coefficient (Wildman–Crippen LogP) is 2.58. The van der Waals surface area contributed by atoms with Crippen LogP contribution in [0.2, 0.25) is 0 Å². The first-order chi connectivity index (χ1) is 8.13. The first-order valence-corrected chi connectivity index (χ1v) is 6.24. The number of rotatable bonds is 6. The lowest BCUT2D eigenvalue weighted by Crippen LogP contribution is -2.27. The fourth-order valence-electron chi connectivity index (χ4n) is 1.64. The number of hydrogen-bond donors (Lipinski definition) is 2. The molecule has 0 bridgehead atoms. The predicted molar refractivity (Wildman–Crippen MR) is 72.2 cm³/mol. The van der Waals surface area contributed by atoms with Crippen LogP contribution >= 0.6 is 0 Å². The highest BCUT2D eigenvalue weighted by Crippen LogP contribution is 2.15. The van der Waals surface area contributed by atoms with E-state index in [4.69, 9.17) is 0 Å². The van der Waals surface area contributed by atoms with Crippen LogP contribution in [0.5, 0.6) is 0 Å². The molecule has 0 aliphatic heterocycles. The van der Waals surface area contributed by atoms with E-state index in [-0.39, 0.29) is 5.91 Å². The van der Waals surface area contributed by atoms with Gasteiger partial charge in [-0.15, -0.1) is 0 Å². The average Bonchev–Trinajstić information content (AvgIpc) is 2.29. The van der Waals surface area contributed by atoms with Crippen molar-refractivity contribution in [1.29, 1.82) is 0 Å². The Labute approximate surface area is 104 Å². The van der Waals surface area contributed by atoms with Gasteiger partial charge in [0, 0.05) is 24.7 Å². The van der Waals surface area contributed by atoms with E-state index in [0.717, 1.165) is 18.7 Å². The lowest BCUT2D eigenvalue weighted by Gasteiger charge is -2.11. The van der Waals surface area contributed by atoms with Crippen LogP contribution in [-0.4, -0.2) is 18.5 Å². The van der Waals surface area contributed by atoms with Gasteiger partial charge in [-0.05, 0) is 18.1 Å². The minimum absolute atomic E-state index is 0.0686. The molecule has 0 saturated heterocycles. The first kappa shape index (κ1) is 13.7. The van der Waals surface area contributed by atoms with E-state index >= 15 is 0 Å². The summed E-state index contributed by atoms with van der Waals surface area (Å²) in [6.45, 7) is 6.96. The summed E-state index contributed by atoms with van der Waals surface area (Å²) in [5.41, 5.74) is 2.11. The van der Waals surface area contributed by atoms with Gasteiger partial charge in [0.05, 0.1) is 0 Å². The molecule has 0 fully saturated rings. The van der Waals surface area contributed by atoms with E-state index in [0.29, 0.717) is 12.5 Å². The van der Waals surface area contributed by atoms with E-state index < -0.39 is 0 Å². The topological polar surface area (TPSA) is 41.1 Å². The molecule has 1 aromatic rings. The quantitative estimate of drug-likeness (QED) is 0.794. The van der Waals surface area contributed by atoms with Crippen molar-refractivity contribution in [3.05, 3.63) is 29.8 Å². The number of anilines is 1. The number of carbonyl (C=O) groups is 1. The van der Waals surface area contributed by atoms with Crippen LogP contribution in [0, 0.1) is 0 Å². The number of aryl methyl sites for hydroxylation is 1. The largest absolute Gasteiger partial charge is 0.326 e. The van der Waals surface area contributed by atoms with Crippen LogP contribution in [-0.2, 0) is 11.2 Å². The van der Waals surface area contributed by atoms with Crippen LogP contribution in [0.15, 0.2) is 24.3 Å². The molecule has 0 saturated carbocycles. The molecule has 0 heterocycles. The maximum atomic E-state index is 11.7. The standard InChI is InChI=1S/C14H22N2O/c1-4-12-7-5-6-8-13(12)16-14(17)9-10-15-11(2)3/h5-8,11,15H,4,9-10H2,1-3H3,(H,16,17). The first-order valence-electron chi connectivity index (χ1n) is 6.24. The molecule has 94 valence electrons. The molecule has 0 radical (unpaired) electrons. The van der Waals surface area contributed by atoms with Gasteiger partial charge in [-0.25, -0.2) is 0 Å². The van der Waals surface area contributed by atoms with Crippen molar-refractivity contribution < 1.29 is 4.79 Å².